The van der Waals surface area contributed by atoms with Crippen LogP contribution in [0.5, 0.6) is 0 Å². The van der Waals surface area contributed by atoms with Crippen LogP contribution in [0.15, 0.2) is 23.7 Å². The summed E-state index contributed by atoms with van der Waals surface area (Å²) in [6.07, 6.45) is 2.01. The van der Waals surface area contributed by atoms with E-state index in [1.165, 1.54) is 14.8 Å². The van der Waals surface area contributed by atoms with Gasteiger partial charge in [0.1, 0.15) is 0 Å². The number of rotatable bonds is 6. The maximum atomic E-state index is 4.54. The molecule has 0 radical (unpaired) electrons. The van der Waals surface area contributed by atoms with Crippen LogP contribution in [0.3, 0.4) is 0 Å². The lowest BCUT2D eigenvalue weighted by Crippen LogP contribution is -2.30. The van der Waals surface area contributed by atoms with Crippen LogP contribution in [0.25, 0.3) is 0 Å². The zero-order chi connectivity index (χ0) is 15.5. The minimum atomic E-state index is 0.145. The third-order valence-electron chi connectivity index (χ3n) is 3.33. The molecule has 2 aromatic rings. The van der Waals surface area contributed by atoms with Crippen LogP contribution < -0.4 is 5.32 Å². The van der Waals surface area contributed by atoms with Gasteiger partial charge in [-0.2, -0.15) is 0 Å². The van der Waals surface area contributed by atoms with Crippen molar-refractivity contribution in [2.75, 3.05) is 20.6 Å². The number of hydrogen-bond acceptors (Lipinski definition) is 5. The standard InChI is InChI=1S/C16H25N3S2/c1-16(2,3)15-18-10-12(21-15)9-17-11-13(19(4)5)14-7-6-8-20-14/h6-8,10,13,17H,9,11H2,1-5H3. The van der Waals surface area contributed by atoms with Crippen molar-refractivity contribution in [3.8, 4) is 0 Å². The Morgan fingerprint density at radius 1 is 1.33 bits per heavy atom. The Balaban J connectivity index is 1.90. The maximum Gasteiger partial charge on any atom is 0.0981 e. The van der Waals surface area contributed by atoms with Gasteiger partial charge in [0.25, 0.3) is 0 Å². The Hall–Kier alpha value is -0.750. The molecule has 21 heavy (non-hydrogen) atoms. The number of nitrogens with one attached hydrogen (secondary N) is 1. The van der Waals surface area contributed by atoms with Crippen LogP contribution in [0.1, 0.15) is 41.6 Å². The van der Waals surface area contributed by atoms with Crippen LogP contribution in [-0.2, 0) is 12.0 Å². The largest absolute Gasteiger partial charge is 0.310 e. The summed E-state index contributed by atoms with van der Waals surface area (Å²) in [6, 6.07) is 4.76. The Labute approximate surface area is 136 Å². The molecule has 0 bridgehead atoms. The number of thiazole rings is 1. The molecule has 0 fully saturated rings. The van der Waals surface area contributed by atoms with Crippen LogP contribution in [0.2, 0.25) is 0 Å². The summed E-state index contributed by atoms with van der Waals surface area (Å²) >= 11 is 3.63. The molecule has 0 amide bonds. The molecule has 116 valence electrons. The first-order chi connectivity index (χ1) is 9.88. The van der Waals surface area contributed by atoms with E-state index in [2.05, 4.69) is 67.6 Å². The van der Waals surface area contributed by atoms with Crippen molar-refractivity contribution >= 4 is 22.7 Å². The summed E-state index contributed by atoms with van der Waals surface area (Å²) < 4.78 is 0. The van der Waals surface area contributed by atoms with E-state index in [0.29, 0.717) is 6.04 Å². The average Bonchev–Trinajstić information content (AvgIpc) is 3.04. The fourth-order valence-electron chi connectivity index (χ4n) is 2.09. The van der Waals surface area contributed by atoms with Crippen LogP contribution in [0.4, 0.5) is 0 Å². The minimum absolute atomic E-state index is 0.145. The van der Waals surface area contributed by atoms with Crippen molar-refractivity contribution in [1.29, 1.82) is 0 Å². The van der Waals surface area contributed by atoms with Crippen LogP contribution in [0, 0.1) is 0 Å². The summed E-state index contributed by atoms with van der Waals surface area (Å²) in [5.74, 6) is 0. The lowest BCUT2D eigenvalue weighted by atomic mass is 9.98. The topological polar surface area (TPSA) is 28.2 Å². The van der Waals surface area contributed by atoms with Gasteiger partial charge in [-0.25, -0.2) is 4.98 Å². The number of hydrogen-bond donors (Lipinski definition) is 1. The molecule has 3 nitrogen and oxygen atoms in total. The molecule has 0 aliphatic carbocycles. The highest BCUT2D eigenvalue weighted by atomic mass is 32.1. The number of thiophene rings is 1. The minimum Gasteiger partial charge on any atom is -0.310 e. The summed E-state index contributed by atoms with van der Waals surface area (Å²) in [5.41, 5.74) is 0.145. The van der Waals surface area contributed by atoms with Gasteiger partial charge in [-0.1, -0.05) is 26.8 Å². The molecule has 0 saturated carbocycles. The van der Waals surface area contributed by atoms with E-state index < -0.39 is 0 Å². The number of likely N-dealkylation sites (N-methyl/N-ethyl adjacent to an activating group) is 1. The van der Waals surface area contributed by atoms with E-state index in [0.717, 1.165) is 13.1 Å². The van der Waals surface area contributed by atoms with E-state index in [-0.39, 0.29) is 5.41 Å². The van der Waals surface area contributed by atoms with Gasteiger partial charge in [0.05, 0.1) is 11.0 Å². The summed E-state index contributed by atoms with van der Waals surface area (Å²) in [5, 5.41) is 6.92. The second-order valence-corrected chi connectivity index (χ2v) is 8.60. The monoisotopic (exact) mass is 323 g/mol. The van der Waals surface area contributed by atoms with Gasteiger partial charge >= 0.3 is 0 Å². The van der Waals surface area contributed by atoms with Gasteiger partial charge in [-0.05, 0) is 25.5 Å². The fraction of sp³-hybridized carbons (Fsp3) is 0.562. The van der Waals surface area contributed by atoms with Gasteiger partial charge < -0.3 is 10.2 Å². The Kier molecular flexibility index (Phi) is 5.54. The molecule has 0 aromatic carbocycles. The van der Waals surface area contributed by atoms with Crippen molar-refractivity contribution in [3.63, 3.8) is 0 Å². The van der Waals surface area contributed by atoms with E-state index in [4.69, 9.17) is 0 Å². The summed E-state index contributed by atoms with van der Waals surface area (Å²) in [4.78, 5) is 9.53. The molecule has 1 unspecified atom stereocenters. The first kappa shape index (κ1) is 16.6. The van der Waals surface area contributed by atoms with Gasteiger partial charge in [-0.3, -0.25) is 0 Å². The maximum absolute atomic E-state index is 4.54. The molecule has 2 heterocycles. The molecule has 2 aromatic heterocycles. The van der Waals surface area contributed by atoms with Crippen molar-refractivity contribution in [1.82, 2.24) is 15.2 Å². The highest BCUT2D eigenvalue weighted by Crippen LogP contribution is 2.27. The van der Waals surface area contributed by atoms with E-state index in [9.17, 15) is 0 Å². The lowest BCUT2D eigenvalue weighted by Gasteiger charge is -2.23. The van der Waals surface area contributed by atoms with Gasteiger partial charge in [-0.15, -0.1) is 22.7 Å². The van der Waals surface area contributed by atoms with E-state index in [1.807, 2.05) is 28.9 Å². The molecule has 1 atom stereocenters. The zero-order valence-electron chi connectivity index (χ0n) is 13.5. The molecule has 0 spiro atoms. The van der Waals surface area contributed by atoms with Gasteiger partial charge in [0.2, 0.25) is 0 Å². The molecule has 2 rings (SSSR count). The van der Waals surface area contributed by atoms with Gasteiger partial charge in [0.15, 0.2) is 0 Å². The lowest BCUT2D eigenvalue weighted by molar-refractivity contribution is 0.292. The van der Waals surface area contributed by atoms with Crippen LogP contribution >= 0.6 is 22.7 Å². The first-order valence-electron chi connectivity index (χ1n) is 7.23. The third-order valence-corrected chi connectivity index (χ3v) is 5.72. The van der Waals surface area contributed by atoms with E-state index in [1.54, 1.807) is 0 Å². The molecule has 0 aliphatic rings. The van der Waals surface area contributed by atoms with Crippen LogP contribution in [-0.4, -0.2) is 30.5 Å². The molecule has 0 saturated heterocycles. The number of nitrogens with zero attached hydrogens (tertiary/aromatic N) is 2. The van der Waals surface area contributed by atoms with E-state index >= 15 is 0 Å². The normalized spacial score (nSPS) is 13.8. The molecular weight excluding hydrogens is 298 g/mol. The summed E-state index contributed by atoms with van der Waals surface area (Å²) in [6.45, 7) is 8.48. The quantitative estimate of drug-likeness (QED) is 0.874. The second-order valence-electron chi connectivity index (χ2n) is 6.51. The molecule has 5 heteroatoms. The first-order valence-corrected chi connectivity index (χ1v) is 8.93. The molecular formula is C16H25N3S2. The summed E-state index contributed by atoms with van der Waals surface area (Å²) in [7, 11) is 4.27. The van der Waals surface area contributed by atoms with Crippen molar-refractivity contribution in [3.05, 3.63) is 38.5 Å². The average molecular weight is 324 g/mol. The highest BCUT2D eigenvalue weighted by molar-refractivity contribution is 7.11. The Morgan fingerprint density at radius 2 is 2.10 bits per heavy atom. The highest BCUT2D eigenvalue weighted by Gasteiger charge is 2.18. The number of aromatic nitrogens is 1. The Morgan fingerprint density at radius 3 is 2.62 bits per heavy atom. The predicted octanol–water partition coefficient (Wildman–Crippen LogP) is 3.89. The smallest absolute Gasteiger partial charge is 0.0981 e. The molecule has 1 N–H and O–H groups in total. The van der Waals surface area contributed by atoms with Crippen molar-refractivity contribution in [2.24, 2.45) is 0 Å². The Bertz CT molecular complexity index is 538. The van der Waals surface area contributed by atoms with Gasteiger partial charge in [0, 0.05) is 34.5 Å². The SMILES string of the molecule is CN(C)C(CNCc1cnc(C(C)(C)C)s1)c1cccs1. The fourth-order valence-corrected chi connectivity index (χ4v) is 3.95. The third kappa shape index (κ3) is 4.61. The zero-order valence-corrected chi connectivity index (χ0v) is 15.1. The predicted molar refractivity (Wildman–Crippen MR) is 93.3 cm³/mol. The van der Waals surface area contributed by atoms with Crippen molar-refractivity contribution < 1.29 is 0 Å². The van der Waals surface area contributed by atoms with Crippen molar-refractivity contribution in [2.45, 2.75) is 38.8 Å². The second kappa shape index (κ2) is 7.01. The molecule has 0 aliphatic heterocycles.